The van der Waals surface area contributed by atoms with Gasteiger partial charge in [0, 0.05) is 16.6 Å². The molecule has 2 aromatic heterocycles. The first kappa shape index (κ1) is 10.8. The molecule has 0 N–H and O–H groups in total. The molecule has 2 heterocycles. The Hall–Kier alpha value is -1.75. The van der Waals surface area contributed by atoms with E-state index in [9.17, 15) is 4.79 Å². The number of hydrogen-bond donors (Lipinski definition) is 0. The SMILES string of the molecule is C=Cc1c(C(=O)OC)sc2ncnc(C)c12. The van der Waals surface area contributed by atoms with Crippen molar-refractivity contribution in [3.63, 3.8) is 0 Å². The number of carbonyl (C=O) groups excluding carboxylic acids is 1. The van der Waals surface area contributed by atoms with Gasteiger partial charge in [0.1, 0.15) is 16.0 Å². The van der Waals surface area contributed by atoms with E-state index in [1.165, 1.54) is 24.8 Å². The molecule has 0 bridgehead atoms. The van der Waals surface area contributed by atoms with Crippen LogP contribution in [0.1, 0.15) is 20.9 Å². The average molecular weight is 234 g/mol. The van der Waals surface area contributed by atoms with Crippen LogP contribution >= 0.6 is 11.3 Å². The lowest BCUT2D eigenvalue weighted by molar-refractivity contribution is 0.0606. The predicted octanol–water partition coefficient (Wildman–Crippen LogP) is 2.43. The summed E-state index contributed by atoms with van der Waals surface area (Å²) in [5.41, 5.74) is 1.59. The highest BCUT2D eigenvalue weighted by Crippen LogP contribution is 2.32. The summed E-state index contributed by atoms with van der Waals surface area (Å²) in [5.74, 6) is -0.364. The molecule has 0 aliphatic rings. The van der Waals surface area contributed by atoms with E-state index in [0.717, 1.165) is 21.5 Å². The number of ether oxygens (including phenoxy) is 1. The predicted molar refractivity (Wildman–Crippen MR) is 63.6 cm³/mol. The molecule has 5 heteroatoms. The molecule has 0 amide bonds. The minimum atomic E-state index is -0.364. The van der Waals surface area contributed by atoms with Gasteiger partial charge in [0.05, 0.1) is 7.11 Å². The maximum Gasteiger partial charge on any atom is 0.348 e. The smallest absolute Gasteiger partial charge is 0.348 e. The molecule has 0 aliphatic heterocycles. The zero-order valence-corrected chi connectivity index (χ0v) is 9.80. The maximum atomic E-state index is 11.6. The van der Waals surface area contributed by atoms with Gasteiger partial charge in [0.15, 0.2) is 0 Å². The van der Waals surface area contributed by atoms with Crippen LogP contribution in [0.4, 0.5) is 0 Å². The van der Waals surface area contributed by atoms with Gasteiger partial charge in [0.25, 0.3) is 0 Å². The number of rotatable bonds is 2. The van der Waals surface area contributed by atoms with Crippen molar-refractivity contribution in [1.82, 2.24) is 9.97 Å². The standard InChI is InChI=1S/C11H10N2O2S/c1-4-7-8-6(2)12-5-13-10(8)16-9(7)11(14)15-3/h4-5H,1H2,2-3H3. The van der Waals surface area contributed by atoms with Gasteiger partial charge < -0.3 is 4.74 Å². The first-order valence-electron chi connectivity index (χ1n) is 4.64. The topological polar surface area (TPSA) is 52.1 Å². The lowest BCUT2D eigenvalue weighted by Gasteiger charge is -1.98. The van der Waals surface area contributed by atoms with E-state index in [1.807, 2.05) is 6.92 Å². The highest BCUT2D eigenvalue weighted by atomic mass is 32.1. The monoisotopic (exact) mass is 234 g/mol. The Balaban J connectivity index is 2.82. The van der Waals surface area contributed by atoms with Crippen LogP contribution in [-0.4, -0.2) is 23.0 Å². The summed E-state index contributed by atoms with van der Waals surface area (Å²) in [6, 6.07) is 0. The van der Waals surface area contributed by atoms with Crippen LogP contribution in [0.2, 0.25) is 0 Å². The summed E-state index contributed by atoms with van der Waals surface area (Å²) < 4.78 is 4.72. The number of fused-ring (bicyclic) bond motifs is 1. The number of carbonyl (C=O) groups is 1. The molecule has 0 saturated heterocycles. The Morgan fingerprint density at radius 3 is 2.94 bits per heavy atom. The lowest BCUT2D eigenvalue weighted by atomic mass is 10.1. The molecule has 0 unspecified atom stereocenters. The molecule has 0 spiro atoms. The van der Waals surface area contributed by atoms with Crippen LogP contribution in [0.15, 0.2) is 12.9 Å². The molecule has 82 valence electrons. The van der Waals surface area contributed by atoms with Crippen molar-refractivity contribution in [3.8, 4) is 0 Å². The number of nitrogens with zero attached hydrogens (tertiary/aromatic N) is 2. The first-order valence-corrected chi connectivity index (χ1v) is 5.45. The van der Waals surface area contributed by atoms with Gasteiger partial charge in [-0.2, -0.15) is 0 Å². The van der Waals surface area contributed by atoms with E-state index in [1.54, 1.807) is 6.08 Å². The number of thiophene rings is 1. The highest BCUT2D eigenvalue weighted by molar-refractivity contribution is 7.20. The summed E-state index contributed by atoms with van der Waals surface area (Å²) in [7, 11) is 1.36. The van der Waals surface area contributed by atoms with Crippen LogP contribution in [0.5, 0.6) is 0 Å². The molecular weight excluding hydrogens is 224 g/mol. The van der Waals surface area contributed by atoms with Gasteiger partial charge >= 0.3 is 5.97 Å². The maximum absolute atomic E-state index is 11.6. The Morgan fingerprint density at radius 1 is 1.56 bits per heavy atom. The molecule has 0 saturated carbocycles. The molecule has 0 aromatic carbocycles. The second-order valence-corrected chi connectivity index (χ2v) is 4.18. The summed E-state index contributed by atoms with van der Waals surface area (Å²) in [5, 5.41) is 0.878. The first-order chi connectivity index (χ1) is 7.69. The number of aryl methyl sites for hydroxylation is 1. The third-order valence-electron chi connectivity index (χ3n) is 2.29. The van der Waals surface area contributed by atoms with Gasteiger partial charge in [-0.25, -0.2) is 14.8 Å². The Labute approximate surface area is 96.6 Å². The lowest BCUT2D eigenvalue weighted by Crippen LogP contribution is -1.99. The van der Waals surface area contributed by atoms with Crippen molar-refractivity contribution >= 4 is 33.6 Å². The summed E-state index contributed by atoms with van der Waals surface area (Å²) >= 11 is 1.30. The normalized spacial score (nSPS) is 10.4. The summed E-state index contributed by atoms with van der Waals surface area (Å²) in [6.45, 7) is 5.59. The van der Waals surface area contributed by atoms with Crippen LogP contribution in [0.3, 0.4) is 0 Å². The second kappa shape index (κ2) is 4.02. The van der Waals surface area contributed by atoms with Gasteiger partial charge in [-0.3, -0.25) is 0 Å². The van der Waals surface area contributed by atoms with Gasteiger partial charge in [-0.1, -0.05) is 12.7 Å². The van der Waals surface area contributed by atoms with E-state index in [2.05, 4.69) is 16.5 Å². The van der Waals surface area contributed by atoms with Crippen molar-refractivity contribution in [3.05, 3.63) is 29.0 Å². The quantitative estimate of drug-likeness (QED) is 0.749. The third kappa shape index (κ3) is 1.49. The summed E-state index contributed by atoms with van der Waals surface area (Å²) in [6.07, 6.45) is 3.13. The molecule has 0 fully saturated rings. The molecule has 2 rings (SSSR count). The molecule has 2 aromatic rings. The van der Waals surface area contributed by atoms with Crippen molar-refractivity contribution in [2.75, 3.05) is 7.11 Å². The van der Waals surface area contributed by atoms with E-state index < -0.39 is 0 Å². The molecule has 0 atom stereocenters. The largest absolute Gasteiger partial charge is 0.465 e. The van der Waals surface area contributed by atoms with Crippen LogP contribution in [0.25, 0.3) is 16.3 Å². The van der Waals surface area contributed by atoms with Crippen LogP contribution in [-0.2, 0) is 4.74 Å². The van der Waals surface area contributed by atoms with Crippen LogP contribution < -0.4 is 0 Å². The second-order valence-electron chi connectivity index (χ2n) is 3.18. The van der Waals surface area contributed by atoms with E-state index >= 15 is 0 Å². The zero-order valence-electron chi connectivity index (χ0n) is 8.98. The zero-order chi connectivity index (χ0) is 11.7. The highest BCUT2D eigenvalue weighted by Gasteiger charge is 2.19. The summed E-state index contributed by atoms with van der Waals surface area (Å²) in [4.78, 5) is 21.1. The Kier molecular flexibility index (Phi) is 2.70. The fourth-order valence-electron chi connectivity index (χ4n) is 1.54. The van der Waals surface area contributed by atoms with Gasteiger partial charge in [-0.15, -0.1) is 11.3 Å². The number of esters is 1. The third-order valence-corrected chi connectivity index (χ3v) is 3.38. The molecule has 4 nitrogen and oxygen atoms in total. The molecule has 16 heavy (non-hydrogen) atoms. The van der Waals surface area contributed by atoms with E-state index in [0.29, 0.717) is 4.88 Å². The van der Waals surface area contributed by atoms with Crippen LogP contribution in [0, 0.1) is 6.92 Å². The minimum absolute atomic E-state index is 0.364. The molecular formula is C11H10N2O2S. The molecule has 0 radical (unpaired) electrons. The number of methoxy groups -OCH3 is 1. The van der Waals surface area contributed by atoms with Crippen molar-refractivity contribution in [2.24, 2.45) is 0 Å². The average Bonchev–Trinajstić information content (AvgIpc) is 2.68. The molecule has 0 aliphatic carbocycles. The number of aromatic nitrogens is 2. The fourth-order valence-corrected chi connectivity index (χ4v) is 2.66. The Morgan fingerprint density at radius 2 is 2.31 bits per heavy atom. The van der Waals surface area contributed by atoms with Gasteiger partial charge in [-0.05, 0) is 6.92 Å². The van der Waals surface area contributed by atoms with Gasteiger partial charge in [0.2, 0.25) is 0 Å². The minimum Gasteiger partial charge on any atom is -0.465 e. The Bertz CT molecular complexity index is 575. The van der Waals surface area contributed by atoms with E-state index in [4.69, 9.17) is 4.74 Å². The van der Waals surface area contributed by atoms with E-state index in [-0.39, 0.29) is 5.97 Å². The van der Waals surface area contributed by atoms with Crippen molar-refractivity contribution in [2.45, 2.75) is 6.92 Å². The van der Waals surface area contributed by atoms with Crippen molar-refractivity contribution in [1.29, 1.82) is 0 Å². The number of hydrogen-bond acceptors (Lipinski definition) is 5. The fraction of sp³-hybridized carbons (Fsp3) is 0.182. The van der Waals surface area contributed by atoms with Crippen molar-refractivity contribution < 1.29 is 9.53 Å².